The molecule has 0 saturated heterocycles. The molecule has 0 heterocycles. The fourth-order valence-corrected chi connectivity index (χ4v) is 6.48. The lowest BCUT2D eigenvalue weighted by Gasteiger charge is -2.34. The molecule has 0 spiro atoms. The van der Waals surface area contributed by atoms with E-state index >= 15 is 0 Å². The van der Waals surface area contributed by atoms with Crippen molar-refractivity contribution in [3.8, 4) is 0 Å². The molecule has 0 aliphatic carbocycles. The number of alkyl halides is 3. The van der Waals surface area contributed by atoms with Gasteiger partial charge >= 0.3 is 6.18 Å². The number of rotatable bonds is 13. The zero-order valence-corrected chi connectivity index (χ0v) is 27.3. The number of anilines is 1. The van der Waals surface area contributed by atoms with Crippen molar-refractivity contribution in [2.45, 2.75) is 63.3 Å². The fourth-order valence-electron chi connectivity index (χ4n) is 5.05. The molecular formula is C36H38F3N3O4S. The molecule has 0 saturated carbocycles. The van der Waals surface area contributed by atoms with E-state index in [2.05, 4.69) is 5.32 Å². The van der Waals surface area contributed by atoms with Gasteiger partial charge in [0.1, 0.15) is 12.6 Å². The van der Waals surface area contributed by atoms with E-state index < -0.39 is 46.2 Å². The Bertz CT molecular complexity index is 1770. The first-order valence-electron chi connectivity index (χ1n) is 15.2. The van der Waals surface area contributed by atoms with E-state index in [1.807, 2.05) is 69.3 Å². The number of sulfonamides is 1. The zero-order valence-electron chi connectivity index (χ0n) is 26.4. The van der Waals surface area contributed by atoms with Crippen LogP contribution in [0.4, 0.5) is 18.9 Å². The Hall–Kier alpha value is -4.64. The molecule has 47 heavy (non-hydrogen) atoms. The van der Waals surface area contributed by atoms with Gasteiger partial charge in [-0.2, -0.15) is 13.2 Å². The Kier molecular flexibility index (Phi) is 11.5. The van der Waals surface area contributed by atoms with Gasteiger partial charge in [-0.3, -0.25) is 13.9 Å². The van der Waals surface area contributed by atoms with Crippen molar-refractivity contribution in [1.82, 2.24) is 10.2 Å². The van der Waals surface area contributed by atoms with Crippen LogP contribution in [0.25, 0.3) is 0 Å². The second-order valence-corrected chi connectivity index (χ2v) is 13.2. The summed E-state index contributed by atoms with van der Waals surface area (Å²) >= 11 is 0. The van der Waals surface area contributed by atoms with Crippen LogP contribution >= 0.6 is 0 Å². The SMILES string of the molecule is CC[C@@H](C)NC(=O)[C@H](Cc1ccccc1)N(Cc1ccccc1C)C(=O)CN(c1cccc(C(F)(F)F)c1)S(=O)(=O)c1ccccc1. The van der Waals surface area contributed by atoms with Crippen LogP contribution in [-0.2, 0) is 38.8 Å². The Morgan fingerprint density at radius 1 is 0.851 bits per heavy atom. The molecular weight excluding hydrogens is 627 g/mol. The molecule has 0 unspecified atom stereocenters. The molecule has 2 atom stereocenters. The van der Waals surface area contributed by atoms with Gasteiger partial charge in [-0.15, -0.1) is 0 Å². The monoisotopic (exact) mass is 665 g/mol. The molecule has 248 valence electrons. The van der Waals surface area contributed by atoms with E-state index in [9.17, 15) is 31.2 Å². The number of benzene rings is 4. The largest absolute Gasteiger partial charge is 0.416 e. The maximum Gasteiger partial charge on any atom is 0.416 e. The minimum atomic E-state index is -4.76. The third-order valence-corrected chi connectivity index (χ3v) is 9.73. The van der Waals surface area contributed by atoms with Crippen molar-refractivity contribution < 1.29 is 31.2 Å². The molecule has 4 rings (SSSR count). The number of halogens is 3. The maximum absolute atomic E-state index is 14.5. The molecule has 0 aliphatic heterocycles. The number of carbonyl (C=O) groups excluding carboxylic acids is 2. The summed E-state index contributed by atoms with van der Waals surface area (Å²) in [5.74, 6) is -1.19. The van der Waals surface area contributed by atoms with Crippen LogP contribution in [0.1, 0.15) is 42.5 Å². The summed E-state index contributed by atoms with van der Waals surface area (Å²) in [5.41, 5.74) is 0.939. The van der Waals surface area contributed by atoms with Crippen molar-refractivity contribution in [1.29, 1.82) is 0 Å². The van der Waals surface area contributed by atoms with Gasteiger partial charge in [0.05, 0.1) is 16.1 Å². The molecule has 0 radical (unpaired) electrons. The predicted octanol–water partition coefficient (Wildman–Crippen LogP) is 6.76. The van der Waals surface area contributed by atoms with Gasteiger partial charge in [0, 0.05) is 19.0 Å². The second kappa shape index (κ2) is 15.3. The molecule has 0 fully saturated rings. The van der Waals surface area contributed by atoms with Gasteiger partial charge < -0.3 is 10.2 Å². The fraction of sp³-hybridized carbons (Fsp3) is 0.278. The van der Waals surface area contributed by atoms with E-state index in [0.29, 0.717) is 16.8 Å². The first-order valence-corrected chi connectivity index (χ1v) is 16.7. The van der Waals surface area contributed by atoms with E-state index in [0.717, 1.165) is 28.8 Å². The van der Waals surface area contributed by atoms with Gasteiger partial charge in [-0.05, 0) is 67.3 Å². The van der Waals surface area contributed by atoms with Crippen LogP contribution < -0.4 is 9.62 Å². The van der Waals surface area contributed by atoms with E-state index in [4.69, 9.17) is 0 Å². The van der Waals surface area contributed by atoms with Crippen molar-refractivity contribution >= 4 is 27.5 Å². The molecule has 4 aromatic rings. The normalized spacial score (nSPS) is 13.0. The highest BCUT2D eigenvalue weighted by atomic mass is 32.2. The summed E-state index contributed by atoms with van der Waals surface area (Å²) in [5, 5.41) is 2.96. The third kappa shape index (κ3) is 9.00. The Morgan fingerprint density at radius 3 is 2.09 bits per heavy atom. The van der Waals surface area contributed by atoms with Gasteiger partial charge in [0.15, 0.2) is 0 Å². The van der Waals surface area contributed by atoms with Crippen LogP contribution in [0.15, 0.2) is 114 Å². The molecule has 7 nitrogen and oxygen atoms in total. The quantitative estimate of drug-likeness (QED) is 0.171. The van der Waals surface area contributed by atoms with Crippen molar-refractivity contribution in [2.75, 3.05) is 10.8 Å². The summed E-state index contributed by atoms with van der Waals surface area (Å²) in [7, 11) is -4.54. The predicted molar refractivity (Wildman–Crippen MR) is 176 cm³/mol. The lowest BCUT2D eigenvalue weighted by molar-refractivity contribution is -0.140. The average molecular weight is 666 g/mol. The summed E-state index contributed by atoms with van der Waals surface area (Å²) in [4.78, 5) is 29.5. The number of hydrogen-bond donors (Lipinski definition) is 1. The number of amides is 2. The minimum absolute atomic E-state index is 0.0429. The molecule has 0 aliphatic rings. The van der Waals surface area contributed by atoms with Crippen LogP contribution in [0.5, 0.6) is 0 Å². The maximum atomic E-state index is 14.5. The van der Waals surface area contributed by atoms with E-state index in [-0.39, 0.29) is 29.6 Å². The summed E-state index contributed by atoms with van der Waals surface area (Å²) < 4.78 is 70.1. The molecule has 0 bridgehead atoms. The number of carbonyl (C=O) groups is 2. The Morgan fingerprint density at radius 2 is 1.47 bits per heavy atom. The number of hydrogen-bond acceptors (Lipinski definition) is 4. The highest BCUT2D eigenvalue weighted by molar-refractivity contribution is 7.92. The first-order chi connectivity index (χ1) is 22.3. The van der Waals surface area contributed by atoms with E-state index in [1.54, 1.807) is 12.1 Å². The highest BCUT2D eigenvalue weighted by Gasteiger charge is 2.36. The number of nitrogens with one attached hydrogen (secondary N) is 1. The summed E-state index contributed by atoms with van der Waals surface area (Å²) in [6.45, 7) is 4.71. The van der Waals surface area contributed by atoms with Crippen molar-refractivity contribution in [3.05, 3.63) is 131 Å². The topological polar surface area (TPSA) is 86.8 Å². The summed E-state index contributed by atoms with van der Waals surface area (Å²) in [6, 6.07) is 26.2. The Balaban J connectivity index is 1.85. The van der Waals surface area contributed by atoms with Gasteiger partial charge in [0.25, 0.3) is 10.0 Å². The standard InChI is InChI=1S/C36H38F3N3O4S/c1-4-27(3)40-35(44)33(22-28-15-7-5-8-16-28)41(24-29-17-12-11-14-26(29)2)34(43)25-42(47(45,46)32-20-9-6-10-21-32)31-19-13-18-30(23-31)36(37,38)39/h5-21,23,27,33H,4,22,24-25H2,1-3H3,(H,40,44)/t27-,33+/m1/s1. The van der Waals surface area contributed by atoms with Crippen LogP contribution in [-0.4, -0.2) is 43.8 Å². The summed E-state index contributed by atoms with van der Waals surface area (Å²) in [6.07, 6.45) is -4.00. The van der Waals surface area contributed by atoms with Crippen molar-refractivity contribution in [3.63, 3.8) is 0 Å². The van der Waals surface area contributed by atoms with Crippen LogP contribution in [0.2, 0.25) is 0 Å². The van der Waals surface area contributed by atoms with Crippen LogP contribution in [0, 0.1) is 6.92 Å². The number of nitrogens with zero attached hydrogens (tertiary/aromatic N) is 2. The highest BCUT2D eigenvalue weighted by Crippen LogP contribution is 2.33. The minimum Gasteiger partial charge on any atom is -0.352 e. The smallest absolute Gasteiger partial charge is 0.352 e. The molecule has 4 aromatic carbocycles. The van der Waals surface area contributed by atoms with Crippen molar-refractivity contribution in [2.24, 2.45) is 0 Å². The first kappa shape index (κ1) is 35.2. The molecule has 0 aromatic heterocycles. The molecule has 2 amide bonds. The molecule has 11 heteroatoms. The Labute approximate surface area is 274 Å². The van der Waals surface area contributed by atoms with Gasteiger partial charge in [0.2, 0.25) is 11.8 Å². The van der Waals surface area contributed by atoms with Crippen LogP contribution in [0.3, 0.4) is 0 Å². The van der Waals surface area contributed by atoms with Gasteiger partial charge in [-0.25, -0.2) is 8.42 Å². The molecule has 1 N–H and O–H groups in total. The second-order valence-electron chi connectivity index (χ2n) is 11.3. The lowest BCUT2D eigenvalue weighted by atomic mass is 10.0. The van der Waals surface area contributed by atoms with E-state index in [1.165, 1.54) is 35.2 Å². The number of aryl methyl sites for hydroxylation is 1. The third-order valence-electron chi connectivity index (χ3n) is 7.95. The average Bonchev–Trinajstić information content (AvgIpc) is 3.06. The van der Waals surface area contributed by atoms with Gasteiger partial charge in [-0.1, -0.05) is 85.8 Å². The lowest BCUT2D eigenvalue weighted by Crippen LogP contribution is -2.54. The zero-order chi connectivity index (χ0) is 34.2.